The number of imide groups is 1. The Morgan fingerprint density at radius 1 is 1.10 bits per heavy atom. The number of thiophene rings is 1. The summed E-state index contributed by atoms with van der Waals surface area (Å²) in [5, 5.41) is 2.45. The second kappa shape index (κ2) is 6.53. The Morgan fingerprint density at radius 2 is 1.83 bits per heavy atom. The van der Waals surface area contributed by atoms with Crippen LogP contribution < -0.4 is 4.90 Å². The van der Waals surface area contributed by atoms with E-state index in [1.807, 2.05) is 61.4 Å². The van der Waals surface area contributed by atoms with E-state index in [0.717, 1.165) is 11.3 Å². The lowest BCUT2D eigenvalue weighted by Gasteiger charge is -2.38. The minimum atomic E-state index is -0.729. The molecule has 0 spiro atoms. The molecule has 3 aliphatic rings. The van der Waals surface area contributed by atoms with E-state index in [9.17, 15) is 14.4 Å². The molecule has 0 N–H and O–H groups in total. The molecule has 1 aromatic heterocycles. The molecule has 0 bridgehead atoms. The minimum Gasteiger partial charge on any atom is -0.352 e. The summed E-state index contributed by atoms with van der Waals surface area (Å²) in [7, 11) is 0. The maximum atomic E-state index is 13.6. The SMILES string of the molecule is CC(C)(C)N1C(=O)[C@@H]2[C@@H](C1=O)[C@@H](C(=O)c1cccs1)N1c3ccc(Cl)cc3C=C[C@H]21. The monoisotopic (exact) mass is 440 g/mol. The summed E-state index contributed by atoms with van der Waals surface area (Å²) < 4.78 is 0. The molecule has 1 aromatic carbocycles. The molecule has 0 saturated carbocycles. The molecule has 5 rings (SSSR count). The quantitative estimate of drug-likeness (QED) is 0.517. The van der Waals surface area contributed by atoms with Crippen LogP contribution in [0.25, 0.3) is 6.08 Å². The van der Waals surface area contributed by atoms with Gasteiger partial charge >= 0.3 is 0 Å². The summed E-state index contributed by atoms with van der Waals surface area (Å²) in [5.41, 5.74) is 1.08. The van der Waals surface area contributed by atoms with E-state index in [-0.39, 0.29) is 23.6 Å². The minimum absolute atomic E-state index is 0.115. The number of carbonyl (C=O) groups is 3. The average Bonchev–Trinajstić information content (AvgIpc) is 3.37. The third kappa shape index (κ3) is 2.63. The number of benzene rings is 1. The average molecular weight is 441 g/mol. The first-order valence-corrected chi connectivity index (χ1v) is 11.2. The maximum Gasteiger partial charge on any atom is 0.236 e. The fraction of sp³-hybridized carbons (Fsp3) is 0.348. The van der Waals surface area contributed by atoms with Crippen LogP contribution in [0.3, 0.4) is 0 Å². The van der Waals surface area contributed by atoms with E-state index in [1.165, 1.54) is 16.2 Å². The summed E-state index contributed by atoms with van der Waals surface area (Å²) in [6.45, 7) is 5.56. The largest absolute Gasteiger partial charge is 0.352 e. The molecule has 2 amide bonds. The van der Waals surface area contributed by atoms with Crippen molar-refractivity contribution in [2.45, 2.75) is 38.4 Å². The zero-order chi connectivity index (χ0) is 21.4. The van der Waals surface area contributed by atoms with E-state index < -0.39 is 23.4 Å². The van der Waals surface area contributed by atoms with Crippen molar-refractivity contribution < 1.29 is 14.4 Å². The van der Waals surface area contributed by atoms with Gasteiger partial charge in [0.05, 0.1) is 22.8 Å². The van der Waals surface area contributed by atoms with Gasteiger partial charge in [0.15, 0.2) is 5.78 Å². The van der Waals surface area contributed by atoms with E-state index in [2.05, 4.69) is 0 Å². The van der Waals surface area contributed by atoms with E-state index in [1.54, 1.807) is 12.1 Å². The molecule has 0 radical (unpaired) electrons. The highest BCUT2D eigenvalue weighted by Crippen LogP contribution is 2.50. The van der Waals surface area contributed by atoms with Crippen molar-refractivity contribution in [2.24, 2.45) is 11.8 Å². The first-order valence-electron chi connectivity index (χ1n) is 9.92. The van der Waals surface area contributed by atoms with Crippen LogP contribution in [0, 0.1) is 11.8 Å². The summed E-state index contributed by atoms with van der Waals surface area (Å²) in [5.74, 6) is -1.86. The van der Waals surface area contributed by atoms with Crippen molar-refractivity contribution in [2.75, 3.05) is 4.90 Å². The number of ketones is 1. The predicted molar refractivity (Wildman–Crippen MR) is 118 cm³/mol. The first kappa shape index (κ1) is 19.5. The highest BCUT2D eigenvalue weighted by molar-refractivity contribution is 7.12. The number of fused-ring (bicyclic) bond motifs is 5. The Kier molecular flexibility index (Phi) is 4.25. The number of amides is 2. The van der Waals surface area contributed by atoms with Crippen LogP contribution in [0.4, 0.5) is 5.69 Å². The number of hydrogen-bond donors (Lipinski definition) is 0. The summed E-state index contributed by atoms with van der Waals surface area (Å²) in [6, 6.07) is 8.03. The van der Waals surface area contributed by atoms with E-state index in [4.69, 9.17) is 11.6 Å². The molecule has 4 heterocycles. The molecule has 30 heavy (non-hydrogen) atoms. The van der Waals surface area contributed by atoms with Gasteiger partial charge in [0, 0.05) is 16.2 Å². The molecule has 0 unspecified atom stereocenters. The number of rotatable bonds is 2. The van der Waals surface area contributed by atoms with Crippen molar-refractivity contribution in [3.05, 3.63) is 57.3 Å². The first-order chi connectivity index (χ1) is 14.2. The molecule has 0 aliphatic carbocycles. The van der Waals surface area contributed by atoms with Gasteiger partial charge in [0.1, 0.15) is 6.04 Å². The fourth-order valence-electron chi connectivity index (χ4n) is 5.07. The van der Waals surface area contributed by atoms with Gasteiger partial charge in [0.25, 0.3) is 0 Å². The van der Waals surface area contributed by atoms with Crippen LogP contribution >= 0.6 is 22.9 Å². The van der Waals surface area contributed by atoms with Gasteiger partial charge in [-0.25, -0.2) is 0 Å². The zero-order valence-corrected chi connectivity index (χ0v) is 18.4. The van der Waals surface area contributed by atoms with Crippen LogP contribution in [-0.2, 0) is 9.59 Å². The van der Waals surface area contributed by atoms with Gasteiger partial charge in [-0.3, -0.25) is 19.3 Å². The van der Waals surface area contributed by atoms with Gasteiger partial charge < -0.3 is 4.90 Å². The summed E-state index contributed by atoms with van der Waals surface area (Å²) >= 11 is 7.54. The van der Waals surface area contributed by atoms with Crippen LogP contribution in [0.2, 0.25) is 5.02 Å². The highest BCUT2D eigenvalue weighted by atomic mass is 35.5. The van der Waals surface area contributed by atoms with Crippen molar-refractivity contribution in [3.63, 3.8) is 0 Å². The number of Topliss-reactive ketones (excluding diaryl/α,β-unsaturated/α-hetero) is 1. The number of likely N-dealkylation sites (tertiary alicyclic amines) is 1. The van der Waals surface area contributed by atoms with Crippen molar-refractivity contribution in [1.82, 2.24) is 4.90 Å². The Labute approximate surface area is 183 Å². The second-order valence-electron chi connectivity index (χ2n) is 8.98. The maximum absolute atomic E-state index is 13.6. The van der Waals surface area contributed by atoms with Gasteiger partial charge in [-0.15, -0.1) is 11.3 Å². The Bertz CT molecular complexity index is 1100. The lowest BCUT2D eigenvalue weighted by Crippen LogP contribution is -2.52. The zero-order valence-electron chi connectivity index (χ0n) is 16.8. The molecule has 5 nitrogen and oxygen atoms in total. The number of hydrogen-bond acceptors (Lipinski definition) is 5. The van der Waals surface area contributed by atoms with Gasteiger partial charge in [-0.2, -0.15) is 0 Å². The number of anilines is 1. The third-order valence-corrected chi connectivity index (χ3v) is 7.29. The number of halogens is 1. The number of carbonyl (C=O) groups excluding carboxylic acids is 3. The molecule has 4 atom stereocenters. The Hall–Kier alpha value is -2.44. The van der Waals surface area contributed by atoms with Crippen molar-refractivity contribution in [1.29, 1.82) is 0 Å². The molecule has 2 fully saturated rings. The lowest BCUT2D eigenvalue weighted by atomic mass is 9.87. The van der Waals surface area contributed by atoms with Crippen LogP contribution in [0.5, 0.6) is 0 Å². The molecule has 7 heteroatoms. The lowest BCUT2D eigenvalue weighted by molar-refractivity contribution is -0.145. The molecule has 2 aromatic rings. The van der Waals surface area contributed by atoms with Crippen LogP contribution in [0.15, 0.2) is 41.8 Å². The smallest absolute Gasteiger partial charge is 0.236 e. The summed E-state index contributed by atoms with van der Waals surface area (Å²) in [6.07, 6.45) is 3.88. The Morgan fingerprint density at radius 3 is 2.50 bits per heavy atom. The molecule has 2 saturated heterocycles. The molecular formula is C23H21ClN2O3S. The standard InChI is InChI=1S/C23H21ClN2O3S/c1-23(2,3)26-21(28)17-15-8-6-12-11-13(24)7-9-14(12)25(15)19(18(17)22(26)29)20(27)16-5-4-10-30-16/h4-11,15,17-19H,1-3H3/t15-,17+,18-,19+/m1/s1. The highest BCUT2D eigenvalue weighted by Gasteiger charge is 2.65. The van der Waals surface area contributed by atoms with Crippen LogP contribution in [0.1, 0.15) is 36.0 Å². The van der Waals surface area contributed by atoms with E-state index >= 15 is 0 Å². The Balaban J connectivity index is 1.68. The van der Waals surface area contributed by atoms with Crippen molar-refractivity contribution >= 4 is 52.3 Å². The normalized spacial score (nSPS) is 27.3. The molecule has 154 valence electrons. The molecular weight excluding hydrogens is 420 g/mol. The predicted octanol–water partition coefficient (Wildman–Crippen LogP) is 4.27. The van der Waals surface area contributed by atoms with E-state index in [0.29, 0.717) is 9.90 Å². The van der Waals surface area contributed by atoms with Crippen LogP contribution in [-0.4, -0.2) is 40.1 Å². The van der Waals surface area contributed by atoms with Gasteiger partial charge in [0.2, 0.25) is 11.8 Å². The molecule has 3 aliphatic heterocycles. The van der Waals surface area contributed by atoms with Crippen molar-refractivity contribution in [3.8, 4) is 0 Å². The van der Waals surface area contributed by atoms with Gasteiger partial charge in [-0.1, -0.05) is 29.8 Å². The topological polar surface area (TPSA) is 57.7 Å². The third-order valence-electron chi connectivity index (χ3n) is 6.17. The number of nitrogens with zero attached hydrogens (tertiary/aromatic N) is 2. The fourth-order valence-corrected chi connectivity index (χ4v) is 5.95. The van der Waals surface area contributed by atoms with Gasteiger partial charge in [-0.05, 0) is 56.0 Å². The summed E-state index contributed by atoms with van der Waals surface area (Å²) in [4.78, 5) is 44.5. The second-order valence-corrected chi connectivity index (χ2v) is 10.4.